The van der Waals surface area contributed by atoms with Crippen molar-refractivity contribution in [2.75, 3.05) is 62.5 Å². The monoisotopic (exact) mass is 842 g/mol. The summed E-state index contributed by atoms with van der Waals surface area (Å²) in [6, 6.07) is 8.61. The molecule has 0 saturated carbocycles. The van der Waals surface area contributed by atoms with Crippen molar-refractivity contribution in [3.63, 3.8) is 0 Å². The molecule has 0 radical (unpaired) electrons. The van der Waals surface area contributed by atoms with E-state index in [1.807, 2.05) is 11.0 Å². The molecule has 0 bridgehead atoms. The molecule has 2 amide bonds. The zero-order valence-corrected chi connectivity index (χ0v) is 33.1. The Labute approximate surface area is 340 Å². The number of benzene rings is 2. The summed E-state index contributed by atoms with van der Waals surface area (Å²) < 4.78 is 26.8. The average Bonchev–Trinajstić information content (AvgIpc) is 3.87. The minimum Gasteiger partial charge on any atom is -0.507 e. The number of thioether (sulfide) groups is 2. The number of aromatic hydroxyl groups is 1. The van der Waals surface area contributed by atoms with Crippen molar-refractivity contribution in [3.8, 4) is 5.75 Å². The fourth-order valence-electron chi connectivity index (χ4n) is 7.01. The number of para-hydroxylation sites is 1. The van der Waals surface area contributed by atoms with Crippen molar-refractivity contribution in [1.82, 2.24) is 19.7 Å². The number of aliphatic carboxylic acids is 1. The highest BCUT2D eigenvalue weighted by atomic mass is 32.2. The number of aromatic carboxylic acids is 1. The molecule has 3 aliphatic rings. The molecule has 2 aromatic carbocycles. The Morgan fingerprint density at radius 2 is 1.78 bits per heavy atom. The number of carbonyl (C=O) groups excluding carboxylic acids is 3. The van der Waals surface area contributed by atoms with E-state index in [0.29, 0.717) is 47.1 Å². The molecule has 0 spiro atoms. The van der Waals surface area contributed by atoms with Crippen LogP contribution < -0.4 is 15.6 Å². The number of carbonyl (C=O) groups is 5. The second-order valence-electron chi connectivity index (χ2n) is 13.7. The number of halogens is 1. The first kappa shape index (κ1) is 42.3. The largest absolute Gasteiger partial charge is 0.507 e. The van der Waals surface area contributed by atoms with Gasteiger partial charge in [-0.15, -0.1) is 23.5 Å². The highest BCUT2D eigenvalue weighted by molar-refractivity contribution is 8.14. The van der Waals surface area contributed by atoms with E-state index in [2.05, 4.69) is 5.32 Å². The number of esters is 1. The van der Waals surface area contributed by atoms with Gasteiger partial charge in [-0.2, -0.15) is 0 Å². The third kappa shape index (κ3) is 9.67. The maximum Gasteiger partial charge on any atom is 0.412 e. The van der Waals surface area contributed by atoms with Crippen LogP contribution in [0.25, 0.3) is 10.9 Å². The summed E-state index contributed by atoms with van der Waals surface area (Å²) in [6.07, 6.45) is 0.524. The maximum atomic E-state index is 15.2. The van der Waals surface area contributed by atoms with Crippen LogP contribution in [-0.4, -0.2) is 140 Å². The van der Waals surface area contributed by atoms with Gasteiger partial charge in [-0.1, -0.05) is 12.1 Å². The lowest BCUT2D eigenvalue weighted by molar-refractivity contribution is -0.153. The molecule has 4 heterocycles. The fraction of sp³-hybridized carbons (Fsp3) is 0.447. The first-order valence-corrected chi connectivity index (χ1v) is 20.7. The molecule has 4 N–H and O–H groups in total. The lowest BCUT2D eigenvalue weighted by atomic mass is 10.1. The average molecular weight is 843 g/mol. The number of carboxylic acids is 2. The van der Waals surface area contributed by atoms with E-state index in [9.17, 15) is 44.1 Å². The van der Waals surface area contributed by atoms with Gasteiger partial charge in [0.2, 0.25) is 18.1 Å². The number of aromatic nitrogens is 1. The van der Waals surface area contributed by atoms with Gasteiger partial charge in [-0.25, -0.2) is 14.0 Å². The van der Waals surface area contributed by atoms with E-state index in [-0.39, 0.29) is 73.8 Å². The van der Waals surface area contributed by atoms with Gasteiger partial charge in [-0.3, -0.25) is 29.1 Å². The number of piperazine rings is 1. The normalized spacial score (nSPS) is 19.6. The number of phenolic OH excluding ortho intramolecular Hbond substituents is 1. The number of rotatable bonds is 15. The maximum absolute atomic E-state index is 15.2. The molecule has 2 fully saturated rings. The summed E-state index contributed by atoms with van der Waals surface area (Å²) in [5.74, 6) is -2.99. The van der Waals surface area contributed by atoms with E-state index in [4.69, 9.17) is 14.5 Å². The van der Waals surface area contributed by atoms with Gasteiger partial charge in [-0.05, 0) is 37.6 Å². The number of hydrogen-bond donors (Lipinski definition) is 4. The Hall–Kier alpha value is -5.34. The third-order valence-electron chi connectivity index (χ3n) is 10.0. The first-order chi connectivity index (χ1) is 27.9. The van der Waals surface area contributed by atoms with Crippen LogP contribution in [0.4, 0.5) is 14.9 Å². The number of anilines is 1. The molecule has 6 rings (SSSR count). The molecule has 0 aliphatic carbocycles. The molecular weight excluding hydrogens is 800 g/mol. The van der Waals surface area contributed by atoms with Crippen molar-refractivity contribution in [2.24, 2.45) is 4.99 Å². The van der Waals surface area contributed by atoms with E-state index in [1.165, 1.54) is 40.7 Å². The van der Waals surface area contributed by atoms with Crippen LogP contribution in [-0.2, 0) is 30.4 Å². The number of ether oxygens (including phenoxy) is 2. The number of pyridine rings is 1. The van der Waals surface area contributed by atoms with Crippen LogP contribution in [0.15, 0.2) is 52.4 Å². The Bertz CT molecular complexity index is 2160. The molecule has 2 saturated heterocycles. The lowest BCUT2D eigenvalue weighted by Gasteiger charge is -2.35. The van der Waals surface area contributed by atoms with Crippen LogP contribution in [0.2, 0.25) is 0 Å². The van der Waals surface area contributed by atoms with Gasteiger partial charge in [0.1, 0.15) is 28.2 Å². The van der Waals surface area contributed by atoms with Crippen LogP contribution in [0, 0.1) is 5.82 Å². The number of fused-ring (bicyclic) bond motifs is 1. The van der Waals surface area contributed by atoms with Crippen molar-refractivity contribution < 1.29 is 53.2 Å². The molecule has 1 aromatic heterocycles. The molecule has 3 aromatic rings. The standard InChI is InChI=1S/C38H43FN6O11S2/c1-2-42-18-24(36(50)51)33(49)23-16-25(39)28(17-27(23)42)43-12-14-44(15-13-43)38(54)56-21-55-32(48)9-8-31(47)40-10-5-11-45-29(37(52)53)20-58-35(45)26-19-57-34(41-26)22-6-3-4-7-30(22)46/h3-4,6-7,16-18,26,29,35,46H,2,5,8-15,19-21H2,1H3,(H,40,47)(H,50,51)(H,52,53)/t26?,29-,35?/m0/s1. The summed E-state index contributed by atoms with van der Waals surface area (Å²) in [7, 11) is 0. The Morgan fingerprint density at radius 1 is 1.02 bits per heavy atom. The molecule has 17 nitrogen and oxygen atoms in total. The minimum absolute atomic E-state index is 0.0457. The molecule has 3 atom stereocenters. The zero-order chi connectivity index (χ0) is 41.5. The lowest BCUT2D eigenvalue weighted by Crippen LogP contribution is -2.49. The van der Waals surface area contributed by atoms with Crippen molar-refractivity contribution in [3.05, 3.63) is 69.8 Å². The van der Waals surface area contributed by atoms with E-state index >= 15 is 4.39 Å². The number of nitrogens with zero attached hydrogens (tertiary/aromatic N) is 5. The van der Waals surface area contributed by atoms with E-state index in [1.54, 1.807) is 34.6 Å². The SMILES string of the molecule is CCn1cc(C(=O)O)c(=O)c2cc(F)c(N3CCN(C(=O)OCOC(=O)CCC(=O)NCCCN4C(C5CSC(c6ccccc6O)=N5)SC[C@H]4C(=O)O)CC3)cc21. The third-order valence-corrected chi connectivity index (χ3v) is 12.6. The van der Waals surface area contributed by atoms with E-state index in [0.717, 1.165) is 6.07 Å². The zero-order valence-electron chi connectivity index (χ0n) is 31.5. The Morgan fingerprint density at radius 3 is 2.48 bits per heavy atom. The summed E-state index contributed by atoms with van der Waals surface area (Å²) >= 11 is 3.05. The Balaban J connectivity index is 0.888. The minimum atomic E-state index is -1.40. The van der Waals surface area contributed by atoms with Gasteiger partial charge >= 0.3 is 24.0 Å². The van der Waals surface area contributed by atoms with Crippen molar-refractivity contribution in [1.29, 1.82) is 0 Å². The molecule has 3 aliphatic heterocycles. The second kappa shape index (κ2) is 18.9. The predicted molar refractivity (Wildman–Crippen MR) is 214 cm³/mol. The number of aryl methyl sites for hydroxylation is 1. The highest BCUT2D eigenvalue weighted by Gasteiger charge is 2.43. The number of hydrogen-bond acceptors (Lipinski definition) is 14. The van der Waals surface area contributed by atoms with Gasteiger partial charge in [0, 0.05) is 80.9 Å². The molecular formula is C38H43FN6O11S2. The predicted octanol–water partition coefficient (Wildman–Crippen LogP) is 3.00. The number of nitrogens with one attached hydrogen (secondary N) is 1. The van der Waals surface area contributed by atoms with Crippen molar-refractivity contribution in [2.45, 2.75) is 50.2 Å². The Kier molecular flexibility index (Phi) is 13.8. The number of aliphatic imine (C=N–C) groups is 1. The summed E-state index contributed by atoms with van der Waals surface area (Å²) in [5.41, 5.74) is -0.000840. The van der Waals surface area contributed by atoms with Crippen LogP contribution in [0.5, 0.6) is 5.75 Å². The molecule has 2 unspecified atom stereocenters. The summed E-state index contributed by atoms with van der Waals surface area (Å²) in [5, 5.41) is 32.7. The van der Waals surface area contributed by atoms with Crippen LogP contribution >= 0.6 is 23.5 Å². The van der Waals surface area contributed by atoms with Gasteiger partial charge < -0.3 is 44.5 Å². The summed E-state index contributed by atoms with van der Waals surface area (Å²) in [4.78, 5) is 83.4. The highest BCUT2D eigenvalue weighted by Crippen LogP contribution is 2.38. The van der Waals surface area contributed by atoms with Gasteiger partial charge in [0.25, 0.3) is 0 Å². The van der Waals surface area contributed by atoms with Crippen LogP contribution in [0.1, 0.15) is 42.1 Å². The molecule has 58 heavy (non-hydrogen) atoms. The second-order valence-corrected chi connectivity index (χ2v) is 15.8. The van der Waals surface area contributed by atoms with E-state index < -0.39 is 59.6 Å². The number of carboxylic acid groups (broad SMARTS) is 2. The summed E-state index contributed by atoms with van der Waals surface area (Å²) in [6.45, 7) is 2.88. The van der Waals surface area contributed by atoms with Crippen LogP contribution in [0.3, 0.4) is 0 Å². The molecule has 310 valence electrons. The number of phenols is 1. The van der Waals surface area contributed by atoms with Gasteiger partial charge in [0.15, 0.2) is 0 Å². The number of amides is 2. The topological polar surface area (TPSA) is 221 Å². The fourth-order valence-corrected chi connectivity index (χ4v) is 9.79. The molecule has 20 heteroatoms. The smallest absolute Gasteiger partial charge is 0.412 e. The quantitative estimate of drug-likeness (QED) is 0.0982. The van der Waals surface area contributed by atoms with Gasteiger partial charge in [0.05, 0.1) is 29.0 Å². The van der Waals surface area contributed by atoms with Crippen molar-refractivity contribution >= 4 is 75.1 Å². The first-order valence-electron chi connectivity index (χ1n) is 18.6.